The number of anilines is 1. The zero-order chi connectivity index (χ0) is 26.5. The summed E-state index contributed by atoms with van der Waals surface area (Å²) in [6, 6.07) is 4.48. The van der Waals surface area contributed by atoms with E-state index in [0.717, 1.165) is 24.5 Å². The number of nitrogen functional groups attached to an aromatic ring is 1. The molecule has 2 N–H and O–H groups in total. The molecule has 186 valence electrons. The van der Waals surface area contributed by atoms with Gasteiger partial charge in [0.2, 0.25) is 5.82 Å². The summed E-state index contributed by atoms with van der Waals surface area (Å²) in [5.41, 5.74) is 7.12. The van der Waals surface area contributed by atoms with Crippen LogP contribution in [0.1, 0.15) is 30.0 Å². The van der Waals surface area contributed by atoms with Crippen molar-refractivity contribution in [3.05, 3.63) is 78.0 Å². The molecule has 37 heavy (non-hydrogen) atoms. The van der Waals surface area contributed by atoms with Crippen LogP contribution in [-0.4, -0.2) is 34.3 Å². The summed E-state index contributed by atoms with van der Waals surface area (Å²) >= 11 is 0. The SMILES string of the molecule is C[C@@H](c1cnn(-c2ccc(F)cc2F)c1)n1c(C#N)c(-c2cnc(C(F)(F)F)nc2)c2c(N)ncnc21. The third-order valence-electron chi connectivity index (χ3n) is 5.74. The first-order valence-corrected chi connectivity index (χ1v) is 10.5. The molecule has 0 spiro atoms. The van der Waals surface area contributed by atoms with Gasteiger partial charge in [-0.15, -0.1) is 0 Å². The summed E-state index contributed by atoms with van der Waals surface area (Å²) in [6.45, 7) is 1.72. The van der Waals surface area contributed by atoms with Crippen LogP contribution in [0.15, 0.2) is 49.3 Å². The van der Waals surface area contributed by atoms with Crippen LogP contribution in [0.25, 0.3) is 27.8 Å². The first-order valence-electron chi connectivity index (χ1n) is 10.5. The molecule has 9 nitrogen and oxygen atoms in total. The second kappa shape index (κ2) is 8.63. The van der Waals surface area contributed by atoms with Crippen molar-refractivity contribution in [2.45, 2.75) is 19.1 Å². The Balaban J connectivity index is 1.67. The lowest BCUT2D eigenvalue weighted by Crippen LogP contribution is -2.11. The monoisotopic (exact) mass is 511 g/mol. The minimum Gasteiger partial charge on any atom is -0.383 e. The molecule has 1 aromatic carbocycles. The van der Waals surface area contributed by atoms with Crippen LogP contribution in [0.5, 0.6) is 0 Å². The Hall–Kier alpha value is -4.93. The molecule has 0 amide bonds. The van der Waals surface area contributed by atoms with Crippen molar-refractivity contribution in [3.63, 3.8) is 0 Å². The molecule has 0 aliphatic heterocycles. The fourth-order valence-corrected chi connectivity index (χ4v) is 4.03. The minimum absolute atomic E-state index is 0.00637. The van der Waals surface area contributed by atoms with E-state index in [9.17, 15) is 27.2 Å². The van der Waals surface area contributed by atoms with E-state index in [1.807, 2.05) is 0 Å². The number of benzene rings is 1. The van der Waals surface area contributed by atoms with E-state index in [1.165, 1.54) is 34.0 Å². The Morgan fingerprint density at radius 3 is 2.43 bits per heavy atom. The van der Waals surface area contributed by atoms with Crippen molar-refractivity contribution < 1.29 is 22.0 Å². The van der Waals surface area contributed by atoms with Crippen molar-refractivity contribution in [1.29, 1.82) is 5.26 Å². The average molecular weight is 511 g/mol. The van der Waals surface area contributed by atoms with Crippen LogP contribution < -0.4 is 5.73 Å². The highest BCUT2D eigenvalue weighted by Crippen LogP contribution is 2.39. The van der Waals surface area contributed by atoms with Crippen molar-refractivity contribution in [3.8, 4) is 22.9 Å². The normalized spacial score (nSPS) is 12.6. The predicted octanol–water partition coefficient (Wildman–Crippen LogP) is 4.43. The van der Waals surface area contributed by atoms with Gasteiger partial charge in [0.05, 0.1) is 17.6 Å². The Bertz CT molecular complexity index is 1680. The van der Waals surface area contributed by atoms with E-state index in [2.05, 4.69) is 31.1 Å². The average Bonchev–Trinajstić information content (AvgIpc) is 3.47. The highest BCUT2D eigenvalue weighted by molar-refractivity contribution is 6.03. The van der Waals surface area contributed by atoms with Gasteiger partial charge in [0.1, 0.15) is 41.1 Å². The summed E-state index contributed by atoms with van der Waals surface area (Å²) in [7, 11) is 0. The summed E-state index contributed by atoms with van der Waals surface area (Å²) in [5, 5.41) is 14.5. The maximum Gasteiger partial charge on any atom is 0.451 e. The second-order valence-corrected chi connectivity index (χ2v) is 7.95. The maximum absolute atomic E-state index is 14.3. The smallest absolute Gasteiger partial charge is 0.383 e. The molecule has 0 radical (unpaired) electrons. The van der Waals surface area contributed by atoms with Crippen LogP contribution in [0.4, 0.5) is 27.8 Å². The van der Waals surface area contributed by atoms with Crippen molar-refractivity contribution >= 4 is 16.9 Å². The van der Waals surface area contributed by atoms with Gasteiger partial charge in [-0.3, -0.25) is 0 Å². The maximum atomic E-state index is 14.3. The Morgan fingerprint density at radius 2 is 1.78 bits per heavy atom. The van der Waals surface area contributed by atoms with Crippen molar-refractivity contribution in [1.82, 2.24) is 34.3 Å². The highest BCUT2D eigenvalue weighted by atomic mass is 19.4. The van der Waals surface area contributed by atoms with Gasteiger partial charge in [-0.25, -0.2) is 33.4 Å². The lowest BCUT2D eigenvalue weighted by Gasteiger charge is -2.14. The summed E-state index contributed by atoms with van der Waals surface area (Å²) in [4.78, 5) is 15.0. The molecular weight excluding hydrogens is 497 g/mol. The molecule has 0 saturated heterocycles. The van der Waals surface area contributed by atoms with E-state index < -0.39 is 29.7 Å². The van der Waals surface area contributed by atoms with Gasteiger partial charge in [-0.1, -0.05) is 0 Å². The number of nitriles is 1. The Morgan fingerprint density at radius 1 is 1.05 bits per heavy atom. The molecular formula is C23H14F5N9. The van der Waals surface area contributed by atoms with Crippen LogP contribution in [0, 0.1) is 23.0 Å². The first kappa shape index (κ1) is 23.8. The quantitative estimate of drug-likeness (QED) is 0.354. The van der Waals surface area contributed by atoms with E-state index in [1.54, 1.807) is 6.92 Å². The van der Waals surface area contributed by atoms with Gasteiger partial charge < -0.3 is 10.3 Å². The standard InChI is InChI=1S/C23H14F5N9/c1-11(13-8-35-36(9-13)16-3-2-14(24)4-15(16)25)37-17(5-29)18(19-20(30)33-10-34-21(19)37)12-6-31-22(32-7-12)23(26,27)28/h2-4,6-11H,1H3,(H2,30,33,34)/t11-/m0/s1. The fourth-order valence-electron chi connectivity index (χ4n) is 4.03. The predicted molar refractivity (Wildman–Crippen MR) is 120 cm³/mol. The Labute approximate surface area is 204 Å². The number of hydrogen-bond donors (Lipinski definition) is 1. The molecule has 0 saturated carbocycles. The molecule has 14 heteroatoms. The van der Waals surface area contributed by atoms with Crippen molar-refractivity contribution in [2.24, 2.45) is 0 Å². The molecule has 4 aromatic heterocycles. The Kier molecular flexibility index (Phi) is 5.55. The number of rotatable bonds is 4. The highest BCUT2D eigenvalue weighted by Gasteiger charge is 2.35. The number of nitrogens with zero attached hydrogens (tertiary/aromatic N) is 8. The first-order chi connectivity index (χ1) is 17.6. The molecule has 0 bridgehead atoms. The fraction of sp³-hybridized carbons (Fsp3) is 0.130. The van der Waals surface area contributed by atoms with Crippen LogP contribution in [-0.2, 0) is 6.18 Å². The molecule has 5 rings (SSSR count). The zero-order valence-corrected chi connectivity index (χ0v) is 18.7. The summed E-state index contributed by atoms with van der Waals surface area (Å²) in [6.07, 6.45) is 1.27. The summed E-state index contributed by atoms with van der Waals surface area (Å²) in [5.74, 6) is -2.91. The van der Waals surface area contributed by atoms with E-state index in [4.69, 9.17) is 5.73 Å². The second-order valence-electron chi connectivity index (χ2n) is 7.95. The van der Waals surface area contributed by atoms with Gasteiger partial charge >= 0.3 is 6.18 Å². The lowest BCUT2D eigenvalue weighted by atomic mass is 10.1. The number of hydrogen-bond acceptors (Lipinski definition) is 7. The van der Waals surface area contributed by atoms with E-state index in [0.29, 0.717) is 5.56 Å². The van der Waals surface area contributed by atoms with Crippen LogP contribution >= 0.6 is 0 Å². The van der Waals surface area contributed by atoms with Gasteiger partial charge in [0.15, 0.2) is 5.82 Å². The van der Waals surface area contributed by atoms with E-state index >= 15 is 0 Å². The summed E-state index contributed by atoms with van der Waals surface area (Å²) < 4.78 is 69.3. The van der Waals surface area contributed by atoms with Gasteiger partial charge in [0, 0.05) is 41.3 Å². The molecule has 0 aliphatic carbocycles. The van der Waals surface area contributed by atoms with Crippen LogP contribution in [0.3, 0.4) is 0 Å². The molecule has 1 atom stereocenters. The number of halogens is 5. The van der Waals surface area contributed by atoms with Crippen LogP contribution in [0.2, 0.25) is 0 Å². The molecule has 4 heterocycles. The van der Waals surface area contributed by atoms with Crippen molar-refractivity contribution in [2.75, 3.05) is 5.73 Å². The molecule has 0 unspecified atom stereocenters. The number of nitrogens with two attached hydrogens (primary N) is 1. The zero-order valence-electron chi connectivity index (χ0n) is 18.7. The molecule has 5 aromatic rings. The molecule has 0 aliphatic rings. The van der Waals surface area contributed by atoms with Gasteiger partial charge in [-0.05, 0) is 19.1 Å². The third kappa shape index (κ3) is 3.99. The van der Waals surface area contributed by atoms with E-state index in [-0.39, 0.29) is 39.4 Å². The largest absolute Gasteiger partial charge is 0.451 e. The van der Waals surface area contributed by atoms with Gasteiger partial charge in [-0.2, -0.15) is 23.5 Å². The van der Waals surface area contributed by atoms with Gasteiger partial charge in [0.25, 0.3) is 0 Å². The number of aromatic nitrogens is 7. The molecule has 0 fully saturated rings. The lowest BCUT2D eigenvalue weighted by molar-refractivity contribution is -0.144. The minimum atomic E-state index is -4.74. The number of alkyl halides is 3. The third-order valence-corrected chi connectivity index (χ3v) is 5.74. The number of fused-ring (bicyclic) bond motifs is 1. The topological polar surface area (TPSA) is 124 Å².